The number of anilines is 1. The SMILES string of the molecule is C[C@@H](c1ccccc1)[C@@H](C=O)Nc1ccccc1. The van der Waals surface area contributed by atoms with E-state index >= 15 is 0 Å². The van der Waals surface area contributed by atoms with Crippen LogP contribution in [0.3, 0.4) is 0 Å². The lowest BCUT2D eigenvalue weighted by atomic mass is 9.94. The van der Waals surface area contributed by atoms with Gasteiger partial charge in [0.25, 0.3) is 0 Å². The van der Waals surface area contributed by atoms with E-state index in [2.05, 4.69) is 12.2 Å². The molecule has 0 amide bonds. The first-order valence-corrected chi connectivity index (χ1v) is 6.13. The van der Waals surface area contributed by atoms with Gasteiger partial charge in [-0.3, -0.25) is 0 Å². The van der Waals surface area contributed by atoms with E-state index < -0.39 is 0 Å². The molecule has 2 nitrogen and oxygen atoms in total. The van der Waals surface area contributed by atoms with Gasteiger partial charge < -0.3 is 10.1 Å². The van der Waals surface area contributed by atoms with Gasteiger partial charge in [-0.05, 0) is 17.7 Å². The highest BCUT2D eigenvalue weighted by atomic mass is 16.1. The molecule has 0 radical (unpaired) electrons. The van der Waals surface area contributed by atoms with Crippen LogP contribution in [0.15, 0.2) is 60.7 Å². The molecular formula is C16H17NO. The molecule has 2 rings (SSSR count). The monoisotopic (exact) mass is 239 g/mol. The summed E-state index contributed by atoms with van der Waals surface area (Å²) in [5, 5.41) is 3.26. The highest BCUT2D eigenvalue weighted by molar-refractivity contribution is 5.66. The van der Waals surface area contributed by atoms with Crippen LogP contribution >= 0.6 is 0 Å². The summed E-state index contributed by atoms with van der Waals surface area (Å²) in [5.41, 5.74) is 2.13. The Hall–Kier alpha value is -2.09. The smallest absolute Gasteiger partial charge is 0.142 e. The lowest BCUT2D eigenvalue weighted by Gasteiger charge is -2.21. The van der Waals surface area contributed by atoms with E-state index in [1.54, 1.807) is 0 Å². The summed E-state index contributed by atoms with van der Waals surface area (Å²) in [5.74, 6) is 0.143. The Morgan fingerprint density at radius 2 is 1.50 bits per heavy atom. The van der Waals surface area contributed by atoms with Crippen molar-refractivity contribution >= 4 is 12.0 Å². The molecule has 0 aliphatic rings. The zero-order chi connectivity index (χ0) is 12.8. The van der Waals surface area contributed by atoms with Gasteiger partial charge in [0, 0.05) is 11.6 Å². The van der Waals surface area contributed by atoms with Crippen LogP contribution < -0.4 is 5.32 Å². The van der Waals surface area contributed by atoms with Crippen molar-refractivity contribution in [2.75, 3.05) is 5.32 Å². The largest absolute Gasteiger partial charge is 0.375 e. The van der Waals surface area contributed by atoms with Crippen molar-refractivity contribution < 1.29 is 4.79 Å². The minimum atomic E-state index is -0.213. The molecule has 2 heteroatoms. The molecule has 0 bridgehead atoms. The second kappa shape index (κ2) is 6.01. The Morgan fingerprint density at radius 3 is 2.06 bits per heavy atom. The molecule has 0 saturated carbocycles. The van der Waals surface area contributed by atoms with Crippen molar-refractivity contribution in [3.8, 4) is 0 Å². The fourth-order valence-electron chi connectivity index (χ4n) is 1.97. The molecule has 18 heavy (non-hydrogen) atoms. The fraction of sp³-hybridized carbons (Fsp3) is 0.188. The molecule has 92 valence electrons. The third kappa shape index (κ3) is 2.98. The first kappa shape index (κ1) is 12.4. The maximum atomic E-state index is 11.3. The van der Waals surface area contributed by atoms with E-state index in [9.17, 15) is 4.79 Å². The molecule has 2 aromatic carbocycles. The van der Waals surface area contributed by atoms with Gasteiger partial charge in [-0.1, -0.05) is 55.5 Å². The summed E-state index contributed by atoms with van der Waals surface area (Å²) in [7, 11) is 0. The molecule has 0 heterocycles. The third-order valence-corrected chi connectivity index (χ3v) is 3.12. The van der Waals surface area contributed by atoms with Crippen LogP contribution in [0.25, 0.3) is 0 Å². The van der Waals surface area contributed by atoms with Gasteiger partial charge in [0.1, 0.15) is 6.29 Å². The van der Waals surface area contributed by atoms with Crippen molar-refractivity contribution in [3.05, 3.63) is 66.2 Å². The Balaban J connectivity index is 2.12. The van der Waals surface area contributed by atoms with Gasteiger partial charge in [-0.2, -0.15) is 0 Å². The predicted octanol–water partition coefficient (Wildman–Crippen LogP) is 3.47. The van der Waals surface area contributed by atoms with Crippen LogP contribution in [0.4, 0.5) is 5.69 Å². The molecular weight excluding hydrogens is 222 g/mol. The minimum absolute atomic E-state index is 0.143. The fourth-order valence-corrected chi connectivity index (χ4v) is 1.97. The molecule has 0 aliphatic heterocycles. The lowest BCUT2D eigenvalue weighted by Crippen LogP contribution is -2.27. The molecule has 0 spiro atoms. The third-order valence-electron chi connectivity index (χ3n) is 3.12. The number of hydrogen-bond acceptors (Lipinski definition) is 2. The second-order valence-corrected chi connectivity index (χ2v) is 4.37. The summed E-state index contributed by atoms with van der Waals surface area (Å²) in [6.45, 7) is 2.06. The second-order valence-electron chi connectivity index (χ2n) is 4.37. The first-order chi connectivity index (χ1) is 8.81. The highest BCUT2D eigenvalue weighted by Gasteiger charge is 2.17. The minimum Gasteiger partial charge on any atom is -0.375 e. The Labute approximate surface area is 108 Å². The maximum Gasteiger partial charge on any atom is 0.142 e. The van der Waals surface area contributed by atoms with Crippen LogP contribution in [0.1, 0.15) is 18.4 Å². The Bertz CT molecular complexity index is 481. The van der Waals surface area contributed by atoms with Crippen LogP contribution in [0.5, 0.6) is 0 Å². The van der Waals surface area contributed by atoms with E-state index in [0.29, 0.717) is 0 Å². The van der Waals surface area contributed by atoms with E-state index in [1.165, 1.54) is 0 Å². The predicted molar refractivity (Wildman–Crippen MR) is 74.8 cm³/mol. The molecule has 0 aliphatic carbocycles. The standard InChI is InChI=1S/C16H17NO/c1-13(14-8-4-2-5-9-14)16(12-18)17-15-10-6-3-7-11-15/h2-13,16-17H,1H3/t13-,16+/m0/s1. The Kier molecular flexibility index (Phi) is 4.13. The number of carbonyl (C=O) groups is 1. The molecule has 1 N–H and O–H groups in total. The van der Waals surface area contributed by atoms with Gasteiger partial charge in [0.05, 0.1) is 6.04 Å². The molecule has 2 atom stereocenters. The molecule has 0 unspecified atom stereocenters. The molecule has 0 fully saturated rings. The number of benzene rings is 2. The summed E-state index contributed by atoms with van der Waals surface area (Å²) in [4.78, 5) is 11.3. The van der Waals surface area contributed by atoms with Gasteiger partial charge in [0.2, 0.25) is 0 Å². The summed E-state index contributed by atoms with van der Waals surface area (Å²) >= 11 is 0. The maximum absolute atomic E-state index is 11.3. The van der Waals surface area contributed by atoms with Crippen LogP contribution in [-0.4, -0.2) is 12.3 Å². The average Bonchev–Trinajstić information content (AvgIpc) is 2.46. The zero-order valence-corrected chi connectivity index (χ0v) is 10.4. The van der Waals surface area contributed by atoms with Crippen LogP contribution in [-0.2, 0) is 4.79 Å². The summed E-state index contributed by atoms with van der Waals surface area (Å²) < 4.78 is 0. The number of hydrogen-bond donors (Lipinski definition) is 1. The first-order valence-electron chi connectivity index (χ1n) is 6.13. The van der Waals surface area contributed by atoms with Crippen molar-refractivity contribution in [2.45, 2.75) is 18.9 Å². The number of para-hydroxylation sites is 1. The average molecular weight is 239 g/mol. The highest BCUT2D eigenvalue weighted by Crippen LogP contribution is 2.21. The van der Waals surface area contributed by atoms with Gasteiger partial charge in [-0.15, -0.1) is 0 Å². The van der Waals surface area contributed by atoms with Gasteiger partial charge in [-0.25, -0.2) is 0 Å². The summed E-state index contributed by atoms with van der Waals surface area (Å²) in [6, 6.07) is 19.7. The molecule has 0 saturated heterocycles. The van der Waals surface area contributed by atoms with Crippen LogP contribution in [0.2, 0.25) is 0 Å². The molecule has 2 aromatic rings. The van der Waals surface area contributed by atoms with Crippen molar-refractivity contribution in [1.29, 1.82) is 0 Å². The topological polar surface area (TPSA) is 29.1 Å². The van der Waals surface area contributed by atoms with E-state index in [1.807, 2.05) is 60.7 Å². The lowest BCUT2D eigenvalue weighted by molar-refractivity contribution is -0.108. The van der Waals surface area contributed by atoms with Gasteiger partial charge >= 0.3 is 0 Å². The van der Waals surface area contributed by atoms with E-state index in [-0.39, 0.29) is 12.0 Å². The number of aldehydes is 1. The Morgan fingerprint density at radius 1 is 0.944 bits per heavy atom. The van der Waals surface area contributed by atoms with E-state index in [0.717, 1.165) is 17.5 Å². The van der Waals surface area contributed by atoms with Crippen LogP contribution in [0, 0.1) is 0 Å². The quantitative estimate of drug-likeness (QED) is 0.809. The zero-order valence-electron chi connectivity index (χ0n) is 10.4. The summed E-state index contributed by atoms with van der Waals surface area (Å²) in [6.07, 6.45) is 0.977. The normalized spacial score (nSPS) is 13.6. The van der Waals surface area contributed by atoms with Crippen molar-refractivity contribution in [1.82, 2.24) is 0 Å². The van der Waals surface area contributed by atoms with Crippen molar-refractivity contribution in [3.63, 3.8) is 0 Å². The number of nitrogens with one attached hydrogen (secondary N) is 1. The molecule has 0 aromatic heterocycles. The number of carbonyl (C=O) groups excluding carboxylic acids is 1. The number of rotatable bonds is 5. The van der Waals surface area contributed by atoms with Gasteiger partial charge in [0.15, 0.2) is 0 Å². The van der Waals surface area contributed by atoms with Crippen molar-refractivity contribution in [2.24, 2.45) is 0 Å². The van der Waals surface area contributed by atoms with E-state index in [4.69, 9.17) is 0 Å².